The van der Waals surface area contributed by atoms with Crippen LogP contribution < -0.4 is 21.9 Å². The first-order valence-electron chi connectivity index (χ1n) is 14.3. The lowest BCUT2D eigenvalue weighted by molar-refractivity contribution is -0.138. The van der Waals surface area contributed by atoms with Gasteiger partial charge in [0.05, 0.1) is 18.7 Å². The minimum absolute atomic E-state index is 0.105. The molecule has 0 aliphatic carbocycles. The van der Waals surface area contributed by atoms with Crippen molar-refractivity contribution in [2.45, 2.75) is 38.8 Å². The lowest BCUT2D eigenvalue weighted by Gasteiger charge is -2.37. The standard InChI is InChI=1S/C32H31F6N5O2/c1-20-29(41-15-13-40(14-16-41)17-22-24(32(36,37)38)9-5-10-25(22)33)30(44)43(19-28(39)21-7-3-2-4-8-21)31(45)42(20)18-23-26(34)11-6-12-27(23)35/h2-12,28H,13-19,39H2,1H3. The summed E-state index contributed by atoms with van der Waals surface area (Å²) in [7, 11) is 0. The van der Waals surface area contributed by atoms with Gasteiger partial charge in [-0.15, -0.1) is 0 Å². The fourth-order valence-corrected chi connectivity index (χ4v) is 5.68. The summed E-state index contributed by atoms with van der Waals surface area (Å²) < 4.78 is 86.5. The predicted molar refractivity (Wildman–Crippen MR) is 157 cm³/mol. The number of halogens is 6. The second kappa shape index (κ2) is 12.9. The fraction of sp³-hybridized carbons (Fsp3) is 0.312. The second-order valence-corrected chi connectivity index (χ2v) is 11.0. The summed E-state index contributed by atoms with van der Waals surface area (Å²) in [6.07, 6.45) is -4.73. The van der Waals surface area contributed by atoms with Crippen LogP contribution in [0.15, 0.2) is 76.3 Å². The first kappa shape index (κ1) is 32.0. The quantitative estimate of drug-likeness (QED) is 0.282. The first-order valence-corrected chi connectivity index (χ1v) is 14.3. The molecular formula is C32H31F6N5O2. The molecule has 2 N–H and O–H groups in total. The van der Waals surface area contributed by atoms with Crippen LogP contribution in [0.1, 0.15) is 34.0 Å². The van der Waals surface area contributed by atoms with E-state index in [1.807, 2.05) is 0 Å². The number of benzene rings is 3. The molecule has 0 saturated carbocycles. The number of alkyl halides is 3. The van der Waals surface area contributed by atoms with Gasteiger partial charge < -0.3 is 10.6 Å². The van der Waals surface area contributed by atoms with E-state index in [2.05, 4.69) is 0 Å². The number of aromatic nitrogens is 2. The average Bonchev–Trinajstić information content (AvgIpc) is 3.00. The number of nitrogens with zero attached hydrogens (tertiary/aromatic N) is 4. The highest BCUT2D eigenvalue weighted by Gasteiger charge is 2.35. The molecule has 7 nitrogen and oxygen atoms in total. The van der Waals surface area contributed by atoms with Crippen molar-refractivity contribution in [3.05, 3.63) is 133 Å². The summed E-state index contributed by atoms with van der Waals surface area (Å²) >= 11 is 0. The van der Waals surface area contributed by atoms with Crippen LogP contribution in [0, 0.1) is 24.4 Å². The van der Waals surface area contributed by atoms with Gasteiger partial charge in [0.2, 0.25) is 0 Å². The van der Waals surface area contributed by atoms with Gasteiger partial charge >= 0.3 is 11.9 Å². The molecule has 1 unspecified atom stereocenters. The van der Waals surface area contributed by atoms with Crippen LogP contribution in [0.2, 0.25) is 0 Å². The number of hydrogen-bond donors (Lipinski definition) is 1. The van der Waals surface area contributed by atoms with Crippen LogP contribution in [-0.2, 0) is 25.8 Å². The maximum absolute atomic E-state index is 14.7. The third-order valence-electron chi connectivity index (χ3n) is 8.14. The smallest absolute Gasteiger partial charge is 0.363 e. The maximum atomic E-state index is 14.7. The molecule has 0 amide bonds. The van der Waals surface area contributed by atoms with Gasteiger partial charge in [-0.3, -0.25) is 18.8 Å². The van der Waals surface area contributed by atoms with Crippen molar-refractivity contribution in [3.8, 4) is 0 Å². The molecule has 1 aliphatic heterocycles. The Hall–Kier alpha value is -4.36. The van der Waals surface area contributed by atoms with Crippen LogP contribution >= 0.6 is 0 Å². The van der Waals surface area contributed by atoms with E-state index in [0.717, 1.165) is 39.5 Å². The van der Waals surface area contributed by atoms with Gasteiger partial charge in [0, 0.05) is 55.6 Å². The molecule has 4 aromatic rings. The third-order valence-corrected chi connectivity index (χ3v) is 8.14. The monoisotopic (exact) mass is 631 g/mol. The van der Waals surface area contributed by atoms with Crippen LogP contribution in [-0.4, -0.2) is 40.2 Å². The summed E-state index contributed by atoms with van der Waals surface area (Å²) in [6.45, 7) is 1.15. The van der Waals surface area contributed by atoms with E-state index in [0.29, 0.717) is 5.56 Å². The van der Waals surface area contributed by atoms with Crippen LogP contribution in [0.25, 0.3) is 0 Å². The molecule has 1 fully saturated rings. The molecule has 238 valence electrons. The zero-order valence-corrected chi connectivity index (χ0v) is 24.3. The summed E-state index contributed by atoms with van der Waals surface area (Å²) in [6, 6.07) is 14.2. The minimum atomic E-state index is -4.73. The van der Waals surface area contributed by atoms with E-state index in [-0.39, 0.29) is 56.2 Å². The van der Waals surface area contributed by atoms with Crippen molar-refractivity contribution < 1.29 is 26.3 Å². The van der Waals surface area contributed by atoms with Crippen LogP contribution in [0.5, 0.6) is 0 Å². The summed E-state index contributed by atoms with van der Waals surface area (Å²) in [5.74, 6) is -2.68. The number of piperazine rings is 1. The van der Waals surface area contributed by atoms with Crippen molar-refractivity contribution in [1.82, 2.24) is 14.0 Å². The van der Waals surface area contributed by atoms with Gasteiger partial charge in [-0.25, -0.2) is 18.0 Å². The summed E-state index contributed by atoms with van der Waals surface area (Å²) in [5, 5.41) is 0. The van der Waals surface area contributed by atoms with E-state index < -0.39 is 58.6 Å². The molecule has 1 aliphatic rings. The molecular weight excluding hydrogens is 600 g/mol. The summed E-state index contributed by atoms with van der Waals surface area (Å²) in [5.41, 5.74) is 3.98. The Morgan fingerprint density at radius 3 is 1.93 bits per heavy atom. The van der Waals surface area contributed by atoms with E-state index >= 15 is 0 Å². The van der Waals surface area contributed by atoms with Crippen molar-refractivity contribution in [2.24, 2.45) is 5.73 Å². The zero-order valence-electron chi connectivity index (χ0n) is 24.3. The third kappa shape index (κ3) is 6.69. The fourth-order valence-electron chi connectivity index (χ4n) is 5.68. The Balaban J connectivity index is 1.49. The maximum Gasteiger partial charge on any atom is 0.416 e. The molecule has 13 heteroatoms. The topological polar surface area (TPSA) is 76.5 Å². The van der Waals surface area contributed by atoms with Gasteiger partial charge in [-0.2, -0.15) is 13.2 Å². The van der Waals surface area contributed by atoms with Crippen molar-refractivity contribution >= 4 is 5.69 Å². The highest BCUT2D eigenvalue weighted by atomic mass is 19.4. The average molecular weight is 632 g/mol. The van der Waals surface area contributed by atoms with Crippen molar-refractivity contribution in [2.75, 3.05) is 31.1 Å². The molecule has 0 bridgehead atoms. The highest BCUT2D eigenvalue weighted by Crippen LogP contribution is 2.34. The second-order valence-electron chi connectivity index (χ2n) is 11.0. The first-order chi connectivity index (χ1) is 21.4. The Morgan fingerprint density at radius 1 is 0.756 bits per heavy atom. The number of nitrogens with two attached hydrogens (primary N) is 1. The Morgan fingerprint density at radius 2 is 1.33 bits per heavy atom. The molecule has 1 saturated heterocycles. The SMILES string of the molecule is Cc1c(N2CCN(Cc3c(F)cccc3C(F)(F)F)CC2)c(=O)n(CC(N)c2ccccc2)c(=O)n1Cc1c(F)cccc1F. The Kier molecular flexibility index (Phi) is 9.21. The van der Waals surface area contributed by atoms with E-state index in [4.69, 9.17) is 5.73 Å². The Labute approximate surface area is 254 Å². The van der Waals surface area contributed by atoms with Gasteiger partial charge in [0.25, 0.3) is 5.56 Å². The van der Waals surface area contributed by atoms with Gasteiger partial charge in [-0.1, -0.05) is 42.5 Å². The molecule has 0 spiro atoms. The van der Waals surface area contributed by atoms with Crippen LogP contribution in [0.3, 0.4) is 0 Å². The number of hydrogen-bond acceptors (Lipinski definition) is 5. The predicted octanol–water partition coefficient (Wildman–Crippen LogP) is 4.83. The lowest BCUT2D eigenvalue weighted by atomic mass is 10.1. The van der Waals surface area contributed by atoms with E-state index in [1.54, 1.807) is 40.1 Å². The van der Waals surface area contributed by atoms with Crippen LogP contribution in [0.4, 0.5) is 32.0 Å². The normalized spacial score (nSPS) is 15.0. The molecule has 45 heavy (non-hydrogen) atoms. The molecule has 1 atom stereocenters. The Bertz CT molecular complexity index is 1780. The van der Waals surface area contributed by atoms with Gasteiger partial charge in [0.15, 0.2) is 0 Å². The molecule has 0 radical (unpaired) electrons. The molecule has 2 heterocycles. The van der Waals surface area contributed by atoms with E-state index in [1.165, 1.54) is 13.0 Å². The molecule has 1 aromatic heterocycles. The van der Waals surface area contributed by atoms with Crippen molar-refractivity contribution in [1.29, 1.82) is 0 Å². The number of rotatable bonds is 8. The van der Waals surface area contributed by atoms with Gasteiger partial charge in [-0.05, 0) is 36.8 Å². The highest BCUT2D eigenvalue weighted by molar-refractivity contribution is 5.50. The van der Waals surface area contributed by atoms with Gasteiger partial charge in [0.1, 0.15) is 23.1 Å². The summed E-state index contributed by atoms with van der Waals surface area (Å²) in [4.78, 5) is 30.9. The zero-order chi connectivity index (χ0) is 32.5. The molecule has 3 aromatic carbocycles. The molecule has 5 rings (SSSR count). The minimum Gasteiger partial charge on any atom is -0.363 e. The van der Waals surface area contributed by atoms with Crippen molar-refractivity contribution in [3.63, 3.8) is 0 Å². The largest absolute Gasteiger partial charge is 0.416 e. The lowest BCUT2D eigenvalue weighted by Crippen LogP contribution is -2.51. The number of anilines is 1. The van der Waals surface area contributed by atoms with E-state index in [9.17, 15) is 35.9 Å².